The molecular weight excluding hydrogens is 290 g/mol. The fourth-order valence-electron chi connectivity index (χ4n) is 1.96. The third-order valence-electron chi connectivity index (χ3n) is 2.92. The molecule has 0 bridgehead atoms. The first kappa shape index (κ1) is 15.1. The number of carboxylic acid groups (broad SMARTS) is 1. The van der Waals surface area contributed by atoms with E-state index in [1.807, 2.05) is 11.4 Å². The molecule has 2 rings (SSSR count). The van der Waals surface area contributed by atoms with Crippen molar-refractivity contribution in [1.29, 1.82) is 0 Å². The van der Waals surface area contributed by atoms with Crippen molar-refractivity contribution >= 4 is 23.2 Å². The van der Waals surface area contributed by atoms with Crippen molar-refractivity contribution in [2.24, 2.45) is 0 Å². The van der Waals surface area contributed by atoms with Gasteiger partial charge in [0.1, 0.15) is 5.75 Å². The van der Waals surface area contributed by atoms with Gasteiger partial charge in [0.15, 0.2) is 0 Å². The van der Waals surface area contributed by atoms with Gasteiger partial charge in [-0.05, 0) is 23.6 Å². The van der Waals surface area contributed by atoms with Crippen LogP contribution in [-0.2, 0) is 4.79 Å². The van der Waals surface area contributed by atoms with Crippen LogP contribution in [0.4, 0.5) is 0 Å². The number of benzene rings is 1. The quantitative estimate of drug-likeness (QED) is 0.860. The minimum Gasteiger partial charge on any atom is -0.496 e. The number of carbonyl (C=O) groups is 2. The lowest BCUT2D eigenvalue weighted by molar-refractivity contribution is -0.137. The first-order valence-electron chi connectivity index (χ1n) is 6.31. The molecule has 0 aliphatic heterocycles. The van der Waals surface area contributed by atoms with Gasteiger partial charge < -0.3 is 15.2 Å². The summed E-state index contributed by atoms with van der Waals surface area (Å²) in [6.07, 6.45) is -0.165. The van der Waals surface area contributed by atoms with E-state index in [0.29, 0.717) is 11.3 Å². The number of para-hydroxylation sites is 1. The third-order valence-corrected chi connectivity index (χ3v) is 3.91. The monoisotopic (exact) mass is 305 g/mol. The molecule has 5 nitrogen and oxygen atoms in total. The number of methoxy groups -OCH3 is 1. The van der Waals surface area contributed by atoms with Crippen LogP contribution in [0.5, 0.6) is 5.75 Å². The van der Waals surface area contributed by atoms with Crippen LogP contribution in [0.1, 0.15) is 27.7 Å². The zero-order chi connectivity index (χ0) is 15.2. The summed E-state index contributed by atoms with van der Waals surface area (Å²) in [6.45, 7) is 0. The molecule has 0 aliphatic carbocycles. The van der Waals surface area contributed by atoms with E-state index in [1.54, 1.807) is 30.3 Å². The number of aliphatic carboxylic acids is 1. The fourth-order valence-corrected chi connectivity index (χ4v) is 2.73. The molecule has 1 aromatic carbocycles. The largest absolute Gasteiger partial charge is 0.496 e. The van der Waals surface area contributed by atoms with Gasteiger partial charge in [-0.25, -0.2) is 0 Å². The first-order chi connectivity index (χ1) is 10.1. The zero-order valence-corrected chi connectivity index (χ0v) is 12.2. The summed E-state index contributed by atoms with van der Waals surface area (Å²) < 4.78 is 5.15. The van der Waals surface area contributed by atoms with Crippen LogP contribution in [-0.4, -0.2) is 24.1 Å². The molecule has 6 heteroatoms. The highest BCUT2D eigenvalue weighted by molar-refractivity contribution is 7.10. The zero-order valence-electron chi connectivity index (χ0n) is 11.4. The highest BCUT2D eigenvalue weighted by atomic mass is 32.1. The van der Waals surface area contributed by atoms with Gasteiger partial charge in [-0.2, -0.15) is 0 Å². The van der Waals surface area contributed by atoms with Crippen molar-refractivity contribution in [1.82, 2.24) is 5.32 Å². The number of carbonyl (C=O) groups excluding carboxylic acids is 1. The maximum atomic E-state index is 12.3. The molecule has 1 aromatic heterocycles. The van der Waals surface area contributed by atoms with E-state index >= 15 is 0 Å². The number of amides is 1. The number of nitrogens with one attached hydrogen (secondary N) is 1. The highest BCUT2D eigenvalue weighted by Crippen LogP contribution is 2.24. The van der Waals surface area contributed by atoms with E-state index in [9.17, 15) is 9.59 Å². The van der Waals surface area contributed by atoms with Crippen LogP contribution >= 0.6 is 11.3 Å². The average Bonchev–Trinajstić information content (AvgIpc) is 3.00. The van der Waals surface area contributed by atoms with Gasteiger partial charge in [-0.3, -0.25) is 9.59 Å². The van der Waals surface area contributed by atoms with Crippen LogP contribution in [0.2, 0.25) is 0 Å². The Kier molecular flexibility index (Phi) is 4.94. The summed E-state index contributed by atoms with van der Waals surface area (Å²) in [6, 6.07) is 9.90. The van der Waals surface area contributed by atoms with Gasteiger partial charge >= 0.3 is 5.97 Å². The number of carboxylic acids is 1. The smallest absolute Gasteiger partial charge is 0.305 e. The second kappa shape index (κ2) is 6.90. The standard InChI is InChI=1S/C15H15NO4S/c1-20-12-6-3-2-5-10(12)15(19)16-11(9-14(17)18)13-7-4-8-21-13/h2-8,11H,9H2,1H3,(H,16,19)(H,17,18)/t11-/m1/s1. The van der Waals surface area contributed by atoms with Gasteiger partial charge in [-0.1, -0.05) is 18.2 Å². The molecule has 0 radical (unpaired) electrons. The van der Waals surface area contributed by atoms with Crippen LogP contribution in [0.15, 0.2) is 41.8 Å². The third kappa shape index (κ3) is 3.82. The predicted octanol–water partition coefficient (Wildman–Crippen LogP) is 2.70. The Balaban J connectivity index is 2.20. The van der Waals surface area contributed by atoms with E-state index in [4.69, 9.17) is 9.84 Å². The second-order valence-corrected chi connectivity index (χ2v) is 5.32. The molecule has 2 aromatic rings. The first-order valence-corrected chi connectivity index (χ1v) is 7.19. The molecule has 21 heavy (non-hydrogen) atoms. The maximum Gasteiger partial charge on any atom is 0.305 e. The number of rotatable bonds is 6. The summed E-state index contributed by atoms with van der Waals surface area (Å²) in [5.74, 6) is -0.865. The van der Waals surface area contributed by atoms with Gasteiger partial charge in [0.05, 0.1) is 25.1 Å². The van der Waals surface area contributed by atoms with Gasteiger partial charge in [0, 0.05) is 4.88 Å². The predicted molar refractivity (Wildman–Crippen MR) is 79.8 cm³/mol. The van der Waals surface area contributed by atoms with Crippen molar-refractivity contribution in [3.05, 3.63) is 52.2 Å². The Hall–Kier alpha value is -2.34. The van der Waals surface area contributed by atoms with E-state index in [2.05, 4.69) is 5.32 Å². The van der Waals surface area contributed by atoms with Crippen molar-refractivity contribution in [3.63, 3.8) is 0 Å². The summed E-state index contributed by atoms with van der Waals surface area (Å²) >= 11 is 1.41. The van der Waals surface area contributed by atoms with Crippen molar-refractivity contribution in [3.8, 4) is 5.75 Å². The number of hydrogen-bond acceptors (Lipinski definition) is 4. The molecule has 0 spiro atoms. The normalized spacial score (nSPS) is 11.7. The summed E-state index contributed by atoms with van der Waals surface area (Å²) in [4.78, 5) is 24.1. The van der Waals surface area contributed by atoms with Crippen molar-refractivity contribution < 1.29 is 19.4 Å². The van der Waals surface area contributed by atoms with Crippen molar-refractivity contribution in [2.75, 3.05) is 7.11 Å². The summed E-state index contributed by atoms with van der Waals surface area (Å²) in [5, 5.41) is 13.6. The minimum atomic E-state index is -0.964. The van der Waals surface area contributed by atoms with E-state index in [-0.39, 0.29) is 12.3 Å². The van der Waals surface area contributed by atoms with Crippen molar-refractivity contribution in [2.45, 2.75) is 12.5 Å². The SMILES string of the molecule is COc1ccccc1C(=O)N[C@H](CC(=O)O)c1cccs1. The molecule has 1 atom stereocenters. The molecule has 0 saturated carbocycles. The lowest BCUT2D eigenvalue weighted by atomic mass is 10.1. The number of hydrogen-bond donors (Lipinski definition) is 2. The Morgan fingerprint density at radius 2 is 2.05 bits per heavy atom. The van der Waals surface area contributed by atoms with E-state index < -0.39 is 12.0 Å². The molecule has 1 amide bonds. The van der Waals surface area contributed by atoms with E-state index in [0.717, 1.165) is 4.88 Å². The molecule has 1 heterocycles. The summed E-state index contributed by atoms with van der Waals surface area (Å²) in [7, 11) is 1.49. The summed E-state index contributed by atoms with van der Waals surface area (Å²) in [5.41, 5.74) is 0.381. The number of thiophene rings is 1. The molecule has 110 valence electrons. The maximum absolute atomic E-state index is 12.3. The van der Waals surface area contributed by atoms with Gasteiger partial charge in [-0.15, -0.1) is 11.3 Å². The minimum absolute atomic E-state index is 0.165. The highest BCUT2D eigenvalue weighted by Gasteiger charge is 2.21. The van der Waals surface area contributed by atoms with Crippen LogP contribution in [0.3, 0.4) is 0 Å². The lowest BCUT2D eigenvalue weighted by Gasteiger charge is -2.16. The fraction of sp³-hybridized carbons (Fsp3) is 0.200. The molecular formula is C15H15NO4S. The Morgan fingerprint density at radius 1 is 1.29 bits per heavy atom. The molecule has 0 aliphatic rings. The van der Waals surface area contributed by atoms with Gasteiger partial charge in [0.25, 0.3) is 5.91 Å². The Morgan fingerprint density at radius 3 is 2.67 bits per heavy atom. The van der Waals surface area contributed by atoms with Crippen LogP contribution in [0.25, 0.3) is 0 Å². The second-order valence-electron chi connectivity index (χ2n) is 4.34. The lowest BCUT2D eigenvalue weighted by Crippen LogP contribution is -2.30. The van der Waals surface area contributed by atoms with Gasteiger partial charge in [0.2, 0.25) is 0 Å². The Bertz CT molecular complexity index is 624. The molecule has 0 unspecified atom stereocenters. The van der Waals surface area contributed by atoms with Crippen LogP contribution in [0, 0.1) is 0 Å². The van der Waals surface area contributed by atoms with Crippen LogP contribution < -0.4 is 10.1 Å². The molecule has 0 saturated heterocycles. The Labute approximate surface area is 126 Å². The van der Waals surface area contributed by atoms with E-state index in [1.165, 1.54) is 18.4 Å². The molecule has 2 N–H and O–H groups in total. The topological polar surface area (TPSA) is 75.6 Å². The average molecular weight is 305 g/mol. The number of ether oxygens (including phenoxy) is 1. The molecule has 0 fully saturated rings.